The van der Waals surface area contributed by atoms with Crippen molar-refractivity contribution in [2.75, 3.05) is 26.4 Å². The van der Waals surface area contributed by atoms with Gasteiger partial charge in [0.2, 0.25) is 0 Å². The number of hydrogen-bond acceptors (Lipinski definition) is 4. The number of nitrogens with two attached hydrogens (primary N) is 2. The van der Waals surface area contributed by atoms with Crippen LogP contribution in [0.1, 0.15) is 0 Å². The fraction of sp³-hybridized carbons (Fsp3) is 0.500. The molecule has 0 saturated heterocycles. The van der Waals surface area contributed by atoms with E-state index in [9.17, 15) is 0 Å². The Balaban J connectivity index is -0.000000376. The molecule has 0 spiro atoms. The van der Waals surface area contributed by atoms with E-state index in [1.165, 1.54) is 0 Å². The van der Waals surface area contributed by atoms with Crippen molar-refractivity contribution in [1.29, 1.82) is 0 Å². The van der Waals surface area contributed by atoms with E-state index in [0.29, 0.717) is 25.5 Å². The first kappa shape index (κ1) is 19.5. The largest absolute Gasteiger partial charge is 0.676 e. The number of nitrogens with one attached hydrogen (secondary N) is 2. The molecule has 0 amide bonds. The van der Waals surface area contributed by atoms with Crippen molar-refractivity contribution in [3.63, 3.8) is 0 Å². The van der Waals surface area contributed by atoms with Gasteiger partial charge in [0.05, 0.1) is 0 Å². The van der Waals surface area contributed by atoms with E-state index in [4.69, 9.17) is 21.9 Å². The molecule has 0 aliphatic heterocycles. The zero-order valence-electron chi connectivity index (χ0n) is 8.20. The fourth-order valence-electron chi connectivity index (χ4n) is 0.565. The summed E-state index contributed by atoms with van der Waals surface area (Å²) < 4.78 is 4.95. The summed E-state index contributed by atoms with van der Waals surface area (Å²) in [5.41, 5.74) is 17.2. The molecule has 0 rings (SSSR count). The van der Waals surface area contributed by atoms with Crippen LogP contribution in [-0.4, -0.2) is 26.4 Å². The summed E-state index contributed by atoms with van der Waals surface area (Å²) in [5.74, 6) is 0.558. The minimum absolute atomic E-state index is 0. The number of rotatable bonds is 6. The third-order valence-electron chi connectivity index (χ3n) is 0.966. The van der Waals surface area contributed by atoms with Crippen LogP contribution >= 0.6 is 0 Å². The van der Waals surface area contributed by atoms with E-state index in [1.54, 1.807) is 6.08 Å². The van der Waals surface area contributed by atoms with Gasteiger partial charge in [-0.25, -0.2) is 0 Å². The number of terminal acetylenes is 1. The molecule has 0 saturated carbocycles. The number of hydrogen-bond donors (Lipinski definition) is 3. The Hall–Kier alpha value is -0.116. The van der Waals surface area contributed by atoms with Gasteiger partial charge in [-0.15, -0.1) is 19.4 Å². The molecule has 79 valence electrons. The van der Waals surface area contributed by atoms with Crippen molar-refractivity contribution in [1.82, 2.24) is 5.32 Å². The molecule has 0 aromatic carbocycles. The molecule has 0 atom stereocenters. The van der Waals surface area contributed by atoms with E-state index in [-0.39, 0.29) is 39.4 Å². The molecular formula is C8H17N4OY-. The third-order valence-corrected chi connectivity index (χ3v) is 0.966. The van der Waals surface area contributed by atoms with Gasteiger partial charge in [-0.3, -0.25) is 5.73 Å². The summed E-state index contributed by atoms with van der Waals surface area (Å²) >= 11 is 0. The molecule has 0 aliphatic carbocycles. The van der Waals surface area contributed by atoms with Crippen molar-refractivity contribution in [2.24, 2.45) is 11.5 Å². The Morgan fingerprint density at radius 2 is 2.00 bits per heavy atom. The zero-order chi connectivity index (χ0) is 10.5. The molecule has 0 aliphatic rings. The van der Waals surface area contributed by atoms with E-state index in [1.807, 2.05) is 0 Å². The van der Waals surface area contributed by atoms with Crippen LogP contribution in [0.15, 0.2) is 12.0 Å². The topological polar surface area (TPSA) is 97.1 Å². The summed E-state index contributed by atoms with van der Waals surface area (Å²) in [4.78, 5) is 0. The summed E-state index contributed by atoms with van der Waals surface area (Å²) in [6.07, 6.45) is 9.68. The first-order chi connectivity index (χ1) is 6.35. The van der Waals surface area contributed by atoms with Gasteiger partial charge >= 0.3 is 0 Å². The van der Waals surface area contributed by atoms with Gasteiger partial charge in [0.15, 0.2) is 5.88 Å². The SMILES string of the molecule is C#C.[NH-]CCN/C(=C/CN)OCN.[Y]. The Morgan fingerprint density at radius 1 is 1.43 bits per heavy atom. The molecule has 0 aromatic rings. The molecular weight excluding hydrogens is 257 g/mol. The van der Waals surface area contributed by atoms with Crippen molar-refractivity contribution < 1.29 is 37.4 Å². The third kappa shape index (κ3) is 14.4. The smallest absolute Gasteiger partial charge is 0.185 e. The molecule has 6 N–H and O–H groups in total. The Bertz CT molecular complexity index is 150. The fourth-order valence-corrected chi connectivity index (χ4v) is 0.565. The summed E-state index contributed by atoms with van der Waals surface area (Å²) in [5, 5.41) is 2.86. The Labute approximate surface area is 111 Å². The minimum Gasteiger partial charge on any atom is -0.676 e. The second-order valence-electron chi connectivity index (χ2n) is 1.79. The van der Waals surface area contributed by atoms with Crippen LogP contribution in [0, 0.1) is 12.8 Å². The van der Waals surface area contributed by atoms with Crippen LogP contribution in [0.3, 0.4) is 0 Å². The first-order valence-corrected chi connectivity index (χ1v) is 3.80. The molecule has 0 aromatic heterocycles. The van der Waals surface area contributed by atoms with Crippen LogP contribution in [-0.2, 0) is 37.4 Å². The number of ether oxygens (including phenoxy) is 1. The van der Waals surface area contributed by atoms with Gasteiger partial charge in [0.25, 0.3) is 0 Å². The maximum Gasteiger partial charge on any atom is 0.185 e. The van der Waals surface area contributed by atoms with Crippen LogP contribution in [0.5, 0.6) is 0 Å². The standard InChI is InChI=1S/C6H15N4O.C2H2.Y/c7-2-1-6(11-5-9)10-4-3-8;1-2;/h1,8,10H,2-5,7,9H2;1-2H;/q-1;;/b6-1-;;. The predicted molar refractivity (Wildman–Crippen MR) is 54.4 cm³/mol. The van der Waals surface area contributed by atoms with E-state index < -0.39 is 0 Å². The monoisotopic (exact) mass is 274 g/mol. The second-order valence-corrected chi connectivity index (χ2v) is 1.79. The van der Waals surface area contributed by atoms with Crippen molar-refractivity contribution in [2.45, 2.75) is 0 Å². The Morgan fingerprint density at radius 3 is 2.36 bits per heavy atom. The van der Waals surface area contributed by atoms with E-state index >= 15 is 0 Å². The second kappa shape index (κ2) is 18.6. The Kier molecular flexibility index (Phi) is 25.9. The van der Waals surface area contributed by atoms with Gasteiger partial charge in [0, 0.05) is 39.3 Å². The predicted octanol–water partition coefficient (Wildman–Crippen LogP) is -0.392. The summed E-state index contributed by atoms with van der Waals surface area (Å²) in [6, 6.07) is 0. The molecule has 1 radical (unpaired) electrons. The zero-order valence-corrected chi connectivity index (χ0v) is 11.0. The van der Waals surface area contributed by atoms with Gasteiger partial charge in [-0.05, 0) is 12.6 Å². The van der Waals surface area contributed by atoms with Crippen LogP contribution in [0.25, 0.3) is 5.73 Å². The average molecular weight is 274 g/mol. The molecule has 0 bridgehead atoms. The minimum atomic E-state index is 0. The average Bonchev–Trinajstić information content (AvgIpc) is 2.18. The summed E-state index contributed by atoms with van der Waals surface area (Å²) in [6.45, 7) is 1.37. The maximum atomic E-state index is 6.85. The maximum absolute atomic E-state index is 6.85. The molecule has 0 unspecified atom stereocenters. The van der Waals surface area contributed by atoms with Gasteiger partial charge in [-0.2, -0.15) is 0 Å². The van der Waals surface area contributed by atoms with Gasteiger partial charge in [0.1, 0.15) is 6.73 Å². The quantitative estimate of drug-likeness (QED) is 0.349. The van der Waals surface area contributed by atoms with Crippen molar-refractivity contribution >= 4 is 0 Å². The summed E-state index contributed by atoms with van der Waals surface area (Å²) in [7, 11) is 0. The van der Waals surface area contributed by atoms with Crippen LogP contribution < -0.4 is 16.8 Å². The molecule has 5 nitrogen and oxygen atoms in total. The van der Waals surface area contributed by atoms with E-state index in [2.05, 4.69) is 18.2 Å². The van der Waals surface area contributed by atoms with E-state index in [0.717, 1.165) is 0 Å². The molecule has 0 heterocycles. The first-order valence-electron chi connectivity index (χ1n) is 3.80. The molecule has 0 fully saturated rings. The van der Waals surface area contributed by atoms with Crippen molar-refractivity contribution in [3.05, 3.63) is 17.7 Å². The van der Waals surface area contributed by atoms with Gasteiger partial charge in [-0.1, -0.05) is 0 Å². The molecule has 14 heavy (non-hydrogen) atoms. The van der Waals surface area contributed by atoms with Gasteiger partial charge < -0.3 is 21.5 Å². The molecule has 6 heteroatoms. The van der Waals surface area contributed by atoms with Crippen LogP contribution in [0.2, 0.25) is 0 Å². The van der Waals surface area contributed by atoms with Crippen molar-refractivity contribution in [3.8, 4) is 12.8 Å². The normalized spacial score (nSPS) is 9.07. The van der Waals surface area contributed by atoms with Crippen LogP contribution in [0.4, 0.5) is 0 Å².